The number of amides is 3. The zero-order valence-corrected chi connectivity index (χ0v) is 27.2. The normalized spacial score (nSPS) is 12.4. The van der Waals surface area contributed by atoms with E-state index in [1.165, 1.54) is 18.2 Å². The lowest BCUT2D eigenvalue weighted by atomic mass is 10.0. The van der Waals surface area contributed by atoms with Crippen LogP contribution in [0.1, 0.15) is 71.9 Å². The topological polar surface area (TPSA) is 149 Å². The fourth-order valence-corrected chi connectivity index (χ4v) is 4.77. The molecule has 0 bridgehead atoms. The van der Waals surface area contributed by atoms with E-state index in [4.69, 9.17) is 13.7 Å². The van der Waals surface area contributed by atoms with Gasteiger partial charge < -0.3 is 25.4 Å². The quantitative estimate of drug-likeness (QED) is 0.121. The van der Waals surface area contributed by atoms with E-state index >= 15 is 0 Å². The molecular weight excluding hydrogens is 676 g/mol. The van der Waals surface area contributed by atoms with E-state index in [-0.39, 0.29) is 36.3 Å². The first kappa shape index (κ1) is 40.3. The summed E-state index contributed by atoms with van der Waals surface area (Å²) in [7, 11) is -4.30. The molecule has 2 aromatic carbocycles. The third-order valence-electron chi connectivity index (χ3n) is 6.04. The van der Waals surface area contributed by atoms with Gasteiger partial charge in [0.15, 0.2) is 0 Å². The Bertz CT molecular complexity index is 1480. The number of carbonyl (C=O) groups is 3. The molecule has 0 saturated heterocycles. The van der Waals surface area contributed by atoms with Crippen LogP contribution in [0.2, 0.25) is 0 Å². The van der Waals surface area contributed by atoms with Gasteiger partial charge in [0.25, 0.3) is 21.9 Å². The van der Waals surface area contributed by atoms with E-state index in [1.54, 1.807) is 20.8 Å². The fraction of sp³-hybridized carbons (Fsp3) is 0.500. The summed E-state index contributed by atoms with van der Waals surface area (Å²) in [5, 5.41) is 7.44. The van der Waals surface area contributed by atoms with Crippen molar-refractivity contribution in [1.82, 2.24) is 16.0 Å². The summed E-state index contributed by atoms with van der Waals surface area (Å²) in [6, 6.07) is 5.61. The first-order valence-electron chi connectivity index (χ1n) is 14.6. The minimum absolute atomic E-state index is 0.0707. The lowest BCUT2D eigenvalue weighted by Gasteiger charge is -2.19. The van der Waals surface area contributed by atoms with Crippen molar-refractivity contribution in [3.8, 4) is 0 Å². The minimum Gasteiger partial charge on any atom is -0.444 e. The Kier molecular flexibility index (Phi) is 14.7. The number of ether oxygens (including phenoxy) is 2. The highest BCUT2D eigenvalue weighted by atomic mass is 32.2. The summed E-state index contributed by atoms with van der Waals surface area (Å²) < 4.78 is 118. The Morgan fingerprint density at radius 2 is 1.25 bits per heavy atom. The zero-order valence-electron chi connectivity index (χ0n) is 26.3. The maximum Gasteiger partial charge on any atom is 0.416 e. The van der Waals surface area contributed by atoms with Gasteiger partial charge in [-0.1, -0.05) is 6.07 Å². The van der Waals surface area contributed by atoms with Gasteiger partial charge in [-0.2, -0.15) is 34.8 Å². The molecule has 0 aliphatic heterocycles. The lowest BCUT2D eigenvalue weighted by Crippen LogP contribution is -2.33. The average molecular weight is 714 g/mol. The third-order valence-corrected chi connectivity index (χ3v) is 7.35. The van der Waals surface area contributed by atoms with Crippen molar-refractivity contribution in [1.29, 1.82) is 0 Å². The lowest BCUT2D eigenvalue weighted by molar-refractivity contribution is -0.143. The molecule has 0 atom stereocenters. The summed E-state index contributed by atoms with van der Waals surface area (Å²) in [4.78, 5) is 36.0. The van der Waals surface area contributed by atoms with E-state index in [0.717, 1.165) is 6.07 Å². The standard InChI is InChI=1S/C30H37F6N3O8S/c1-28(2,3)47-27(42)39-11-6-4-5-10-37-25(40)20-8-7-9-24(18-20)48(43,44)46-15-14-45-13-12-38-26(41)21-16-22(29(31,32)33)19-23(17-21)30(34,35)36/h7-9,16-19H,4-6,10-15H2,1-3H3,(H,37,40)(H,38,41)(H,39,42). The number of halogens is 6. The monoisotopic (exact) mass is 713 g/mol. The van der Waals surface area contributed by atoms with Crippen LogP contribution in [-0.2, 0) is 36.1 Å². The SMILES string of the molecule is CC(C)(C)OC(=O)NCCCCCNC(=O)c1cccc(S(=O)(=O)OCCOCCNC(=O)c2cc(C(F)(F)F)cc(C(F)(F)F)c2)c1. The van der Waals surface area contributed by atoms with Crippen molar-refractivity contribution in [2.45, 2.75) is 62.9 Å². The van der Waals surface area contributed by atoms with Gasteiger partial charge >= 0.3 is 18.4 Å². The van der Waals surface area contributed by atoms with E-state index in [0.29, 0.717) is 44.5 Å². The van der Waals surface area contributed by atoms with Crippen molar-refractivity contribution in [3.05, 3.63) is 64.7 Å². The summed E-state index contributed by atoms with van der Waals surface area (Å²) in [6.45, 7) is 4.62. The van der Waals surface area contributed by atoms with Gasteiger partial charge in [-0.3, -0.25) is 13.8 Å². The minimum atomic E-state index is -5.11. The van der Waals surface area contributed by atoms with Crippen LogP contribution >= 0.6 is 0 Å². The van der Waals surface area contributed by atoms with Gasteiger partial charge in [-0.25, -0.2) is 4.79 Å². The Labute approximate surface area is 273 Å². The van der Waals surface area contributed by atoms with E-state index in [1.807, 2.05) is 0 Å². The predicted molar refractivity (Wildman–Crippen MR) is 160 cm³/mol. The Hall–Kier alpha value is -3.90. The van der Waals surface area contributed by atoms with Gasteiger partial charge in [0, 0.05) is 30.8 Å². The van der Waals surface area contributed by atoms with Crippen LogP contribution in [0, 0.1) is 0 Å². The summed E-state index contributed by atoms with van der Waals surface area (Å²) in [5.74, 6) is -1.71. The van der Waals surface area contributed by atoms with Gasteiger partial charge in [0.05, 0.1) is 35.8 Å². The highest BCUT2D eigenvalue weighted by Gasteiger charge is 2.37. The number of alkyl halides is 6. The molecule has 0 radical (unpaired) electrons. The van der Waals surface area contributed by atoms with Crippen LogP contribution in [0.15, 0.2) is 47.4 Å². The van der Waals surface area contributed by atoms with Crippen molar-refractivity contribution < 1.29 is 62.8 Å². The third kappa shape index (κ3) is 14.5. The molecule has 3 N–H and O–H groups in total. The molecule has 48 heavy (non-hydrogen) atoms. The zero-order chi connectivity index (χ0) is 36.2. The molecule has 0 heterocycles. The molecule has 0 saturated carbocycles. The van der Waals surface area contributed by atoms with Crippen LogP contribution in [-0.4, -0.2) is 71.4 Å². The smallest absolute Gasteiger partial charge is 0.416 e. The van der Waals surface area contributed by atoms with Crippen LogP contribution in [0.4, 0.5) is 31.1 Å². The molecule has 0 unspecified atom stereocenters. The largest absolute Gasteiger partial charge is 0.444 e. The van der Waals surface area contributed by atoms with Crippen molar-refractivity contribution in [2.75, 3.05) is 39.5 Å². The Balaban J connectivity index is 1.73. The first-order chi connectivity index (χ1) is 22.2. The molecule has 0 aliphatic rings. The maximum atomic E-state index is 13.0. The number of benzene rings is 2. The van der Waals surface area contributed by atoms with E-state index in [2.05, 4.69) is 16.0 Å². The number of carbonyl (C=O) groups excluding carboxylic acids is 3. The van der Waals surface area contributed by atoms with Crippen LogP contribution < -0.4 is 16.0 Å². The van der Waals surface area contributed by atoms with Gasteiger partial charge in [-0.15, -0.1) is 0 Å². The van der Waals surface area contributed by atoms with Crippen LogP contribution in [0.3, 0.4) is 0 Å². The second kappa shape index (κ2) is 17.5. The molecule has 2 rings (SSSR count). The Morgan fingerprint density at radius 3 is 1.83 bits per heavy atom. The van der Waals surface area contributed by atoms with Crippen LogP contribution in [0.5, 0.6) is 0 Å². The number of rotatable bonds is 16. The van der Waals surface area contributed by atoms with E-state index < -0.39 is 69.3 Å². The van der Waals surface area contributed by atoms with Crippen molar-refractivity contribution in [2.24, 2.45) is 0 Å². The molecule has 268 valence electrons. The number of hydrogen-bond acceptors (Lipinski definition) is 8. The Morgan fingerprint density at radius 1 is 0.688 bits per heavy atom. The highest BCUT2D eigenvalue weighted by Crippen LogP contribution is 2.36. The number of unbranched alkanes of at least 4 members (excludes halogenated alkanes) is 2. The molecular formula is C30H37F6N3O8S. The fourth-order valence-electron chi connectivity index (χ4n) is 3.83. The molecule has 3 amide bonds. The molecule has 11 nitrogen and oxygen atoms in total. The number of alkyl carbamates (subject to hydrolysis) is 1. The van der Waals surface area contributed by atoms with Gasteiger partial charge in [-0.05, 0) is 76.4 Å². The molecule has 18 heteroatoms. The number of hydrogen-bond donors (Lipinski definition) is 3. The molecule has 0 aliphatic carbocycles. The highest BCUT2D eigenvalue weighted by molar-refractivity contribution is 7.86. The van der Waals surface area contributed by atoms with Crippen molar-refractivity contribution >= 4 is 28.0 Å². The van der Waals surface area contributed by atoms with Crippen LogP contribution in [0.25, 0.3) is 0 Å². The molecule has 2 aromatic rings. The summed E-state index contributed by atoms with van der Waals surface area (Å²) >= 11 is 0. The second-order valence-corrected chi connectivity index (χ2v) is 12.8. The van der Waals surface area contributed by atoms with E-state index in [9.17, 15) is 49.1 Å². The summed E-state index contributed by atoms with van der Waals surface area (Å²) in [6.07, 6.45) is -8.77. The van der Waals surface area contributed by atoms with Gasteiger partial charge in [0.2, 0.25) is 0 Å². The average Bonchev–Trinajstić information content (AvgIpc) is 2.98. The molecule has 0 fully saturated rings. The maximum absolute atomic E-state index is 13.0. The van der Waals surface area contributed by atoms with Crippen molar-refractivity contribution in [3.63, 3.8) is 0 Å². The number of nitrogens with one attached hydrogen (secondary N) is 3. The second-order valence-electron chi connectivity index (χ2n) is 11.2. The predicted octanol–water partition coefficient (Wildman–Crippen LogP) is 5.30. The molecule has 0 spiro atoms. The van der Waals surface area contributed by atoms with Gasteiger partial charge in [0.1, 0.15) is 5.60 Å². The first-order valence-corrected chi connectivity index (χ1v) is 16.0. The molecule has 0 aromatic heterocycles. The summed E-state index contributed by atoms with van der Waals surface area (Å²) in [5.41, 5.74) is -4.66.